The first-order valence-electron chi connectivity index (χ1n) is 7.71. The number of hydrogen-bond donors (Lipinski definition) is 1. The lowest BCUT2D eigenvalue weighted by Crippen LogP contribution is -2.37. The molecule has 0 aliphatic heterocycles. The van der Waals surface area contributed by atoms with Crippen LogP contribution in [0.2, 0.25) is 0 Å². The van der Waals surface area contributed by atoms with E-state index < -0.39 is 0 Å². The molecule has 0 spiro atoms. The number of amides is 2. The second-order valence-electron chi connectivity index (χ2n) is 5.50. The lowest BCUT2D eigenvalue weighted by atomic mass is 10.1. The highest BCUT2D eigenvalue weighted by Crippen LogP contribution is 2.07. The summed E-state index contributed by atoms with van der Waals surface area (Å²) in [4.78, 5) is 25.7. The molecular weight excluding hydrogens is 288 g/mol. The van der Waals surface area contributed by atoms with E-state index in [9.17, 15) is 9.59 Å². The summed E-state index contributed by atoms with van der Waals surface area (Å²) in [6, 6.07) is 17.3. The minimum atomic E-state index is -0.105. The van der Waals surface area contributed by atoms with E-state index in [1.165, 1.54) is 0 Å². The quantitative estimate of drug-likeness (QED) is 0.892. The molecule has 0 saturated heterocycles. The van der Waals surface area contributed by atoms with Gasteiger partial charge in [-0.15, -0.1) is 0 Å². The van der Waals surface area contributed by atoms with Crippen LogP contribution >= 0.6 is 0 Å². The highest BCUT2D eigenvalue weighted by Gasteiger charge is 2.11. The molecule has 0 fully saturated rings. The van der Waals surface area contributed by atoms with Gasteiger partial charge in [0.1, 0.15) is 0 Å². The Morgan fingerprint density at radius 1 is 1.00 bits per heavy atom. The summed E-state index contributed by atoms with van der Waals surface area (Å²) in [5.74, 6) is -0.106. The predicted molar refractivity (Wildman–Crippen MR) is 91.0 cm³/mol. The third-order valence-corrected chi connectivity index (χ3v) is 3.72. The lowest BCUT2D eigenvalue weighted by Gasteiger charge is -2.21. The fraction of sp³-hybridized carbons (Fsp3) is 0.263. The van der Waals surface area contributed by atoms with E-state index in [-0.39, 0.29) is 11.8 Å². The first-order valence-corrected chi connectivity index (χ1v) is 7.71. The van der Waals surface area contributed by atoms with E-state index in [4.69, 9.17) is 0 Å². The summed E-state index contributed by atoms with van der Waals surface area (Å²) in [7, 11) is 0. The van der Waals surface area contributed by atoms with Crippen LogP contribution in [0.5, 0.6) is 0 Å². The molecule has 0 atom stereocenters. The highest BCUT2D eigenvalue weighted by molar-refractivity contribution is 5.95. The van der Waals surface area contributed by atoms with Crippen molar-refractivity contribution in [2.45, 2.75) is 20.4 Å². The van der Waals surface area contributed by atoms with E-state index in [1.54, 1.807) is 17.9 Å². The number of hydrogen-bond acceptors (Lipinski definition) is 2. The molecule has 23 heavy (non-hydrogen) atoms. The van der Waals surface area contributed by atoms with Crippen molar-refractivity contribution in [3.05, 3.63) is 71.3 Å². The zero-order chi connectivity index (χ0) is 16.7. The van der Waals surface area contributed by atoms with Gasteiger partial charge in [0.05, 0.1) is 0 Å². The zero-order valence-electron chi connectivity index (χ0n) is 13.6. The Labute approximate surface area is 137 Å². The van der Waals surface area contributed by atoms with Crippen LogP contribution in [0.3, 0.4) is 0 Å². The summed E-state index contributed by atoms with van der Waals surface area (Å²) >= 11 is 0. The standard InChI is InChI=1S/C19H22N2O2/c1-15-8-6-7-11-18(15)19(23)20-12-13-21(16(2)22)14-17-9-4-3-5-10-17/h3-11H,12-14H2,1-2H3,(H,20,23). The average molecular weight is 310 g/mol. The Morgan fingerprint density at radius 2 is 1.65 bits per heavy atom. The third kappa shape index (κ3) is 4.95. The molecule has 2 aromatic carbocycles. The van der Waals surface area contributed by atoms with Crippen molar-refractivity contribution in [1.29, 1.82) is 0 Å². The van der Waals surface area contributed by atoms with Crippen LogP contribution < -0.4 is 5.32 Å². The monoisotopic (exact) mass is 310 g/mol. The van der Waals surface area contributed by atoms with Crippen molar-refractivity contribution < 1.29 is 9.59 Å². The average Bonchev–Trinajstić information content (AvgIpc) is 2.55. The van der Waals surface area contributed by atoms with Gasteiger partial charge in [0, 0.05) is 32.1 Å². The van der Waals surface area contributed by atoms with Gasteiger partial charge in [-0.05, 0) is 24.1 Å². The molecular formula is C19H22N2O2. The first-order chi connectivity index (χ1) is 11.1. The summed E-state index contributed by atoms with van der Waals surface area (Å²) in [6.45, 7) is 4.93. The van der Waals surface area contributed by atoms with Crippen LogP contribution in [0.25, 0.3) is 0 Å². The first kappa shape index (κ1) is 16.7. The Balaban J connectivity index is 1.88. The van der Waals surface area contributed by atoms with Gasteiger partial charge in [-0.2, -0.15) is 0 Å². The van der Waals surface area contributed by atoms with Crippen LogP contribution in [-0.4, -0.2) is 29.8 Å². The predicted octanol–water partition coefficient (Wildman–Crippen LogP) is 2.77. The molecule has 0 bridgehead atoms. The molecule has 2 rings (SSSR count). The Morgan fingerprint density at radius 3 is 2.30 bits per heavy atom. The number of nitrogens with one attached hydrogen (secondary N) is 1. The van der Waals surface area contributed by atoms with Crippen LogP contribution in [0.4, 0.5) is 0 Å². The zero-order valence-corrected chi connectivity index (χ0v) is 13.6. The van der Waals surface area contributed by atoms with Gasteiger partial charge in [-0.3, -0.25) is 9.59 Å². The van der Waals surface area contributed by atoms with Gasteiger partial charge in [0.25, 0.3) is 5.91 Å². The highest BCUT2D eigenvalue weighted by atomic mass is 16.2. The molecule has 1 N–H and O–H groups in total. The fourth-order valence-corrected chi connectivity index (χ4v) is 2.38. The van der Waals surface area contributed by atoms with E-state index in [0.717, 1.165) is 11.1 Å². The van der Waals surface area contributed by atoms with Crippen molar-refractivity contribution in [3.8, 4) is 0 Å². The van der Waals surface area contributed by atoms with E-state index in [1.807, 2.05) is 55.5 Å². The molecule has 0 aromatic heterocycles. The Kier molecular flexibility index (Phi) is 5.92. The Bertz CT molecular complexity index is 668. The van der Waals surface area contributed by atoms with E-state index in [0.29, 0.717) is 25.2 Å². The number of carbonyl (C=O) groups is 2. The molecule has 4 nitrogen and oxygen atoms in total. The van der Waals surface area contributed by atoms with Crippen molar-refractivity contribution in [3.63, 3.8) is 0 Å². The van der Waals surface area contributed by atoms with Crippen LogP contribution in [0.1, 0.15) is 28.4 Å². The molecule has 0 aliphatic carbocycles. The summed E-state index contributed by atoms with van der Waals surface area (Å²) in [6.07, 6.45) is 0. The Hall–Kier alpha value is -2.62. The molecule has 0 radical (unpaired) electrons. The fourth-order valence-electron chi connectivity index (χ4n) is 2.38. The van der Waals surface area contributed by atoms with Gasteiger partial charge in [0.15, 0.2) is 0 Å². The van der Waals surface area contributed by atoms with Crippen molar-refractivity contribution in [2.24, 2.45) is 0 Å². The van der Waals surface area contributed by atoms with Crippen LogP contribution in [0, 0.1) is 6.92 Å². The third-order valence-electron chi connectivity index (χ3n) is 3.72. The van der Waals surface area contributed by atoms with E-state index >= 15 is 0 Å². The van der Waals surface area contributed by atoms with Crippen molar-refractivity contribution in [2.75, 3.05) is 13.1 Å². The minimum Gasteiger partial charge on any atom is -0.350 e. The van der Waals surface area contributed by atoms with Crippen LogP contribution in [0.15, 0.2) is 54.6 Å². The van der Waals surface area contributed by atoms with Crippen molar-refractivity contribution in [1.82, 2.24) is 10.2 Å². The van der Waals surface area contributed by atoms with Gasteiger partial charge < -0.3 is 10.2 Å². The topological polar surface area (TPSA) is 49.4 Å². The molecule has 4 heteroatoms. The second kappa shape index (κ2) is 8.13. The summed E-state index contributed by atoms with van der Waals surface area (Å²) in [5, 5.41) is 2.88. The number of rotatable bonds is 6. The molecule has 2 aromatic rings. The molecule has 0 heterocycles. The molecule has 0 unspecified atom stereocenters. The van der Waals surface area contributed by atoms with Gasteiger partial charge in [0.2, 0.25) is 5.91 Å². The van der Waals surface area contributed by atoms with Crippen LogP contribution in [-0.2, 0) is 11.3 Å². The van der Waals surface area contributed by atoms with E-state index in [2.05, 4.69) is 5.32 Å². The number of benzene rings is 2. The largest absolute Gasteiger partial charge is 0.350 e. The molecule has 0 aliphatic rings. The lowest BCUT2D eigenvalue weighted by molar-refractivity contribution is -0.129. The number of carbonyl (C=O) groups excluding carboxylic acids is 2. The molecule has 0 saturated carbocycles. The second-order valence-corrected chi connectivity index (χ2v) is 5.50. The maximum absolute atomic E-state index is 12.2. The van der Waals surface area contributed by atoms with Crippen molar-refractivity contribution >= 4 is 11.8 Å². The maximum atomic E-state index is 12.2. The maximum Gasteiger partial charge on any atom is 0.251 e. The number of nitrogens with zero attached hydrogens (tertiary/aromatic N) is 1. The van der Waals surface area contributed by atoms with Gasteiger partial charge in [-0.25, -0.2) is 0 Å². The molecule has 2 amide bonds. The minimum absolute atomic E-state index is 0.000932. The summed E-state index contributed by atoms with van der Waals surface area (Å²) in [5.41, 5.74) is 2.69. The smallest absolute Gasteiger partial charge is 0.251 e. The van der Waals surface area contributed by atoms with Gasteiger partial charge >= 0.3 is 0 Å². The SMILES string of the molecule is CC(=O)N(CCNC(=O)c1ccccc1C)Cc1ccccc1. The molecule has 120 valence electrons. The van der Waals surface area contributed by atoms with Gasteiger partial charge in [-0.1, -0.05) is 48.5 Å². The summed E-state index contributed by atoms with van der Waals surface area (Å²) < 4.78 is 0. The normalized spacial score (nSPS) is 10.2. The number of aryl methyl sites for hydroxylation is 1.